The van der Waals surface area contributed by atoms with Gasteiger partial charge in [-0.2, -0.15) is 5.10 Å². The third-order valence-corrected chi connectivity index (χ3v) is 5.77. The summed E-state index contributed by atoms with van der Waals surface area (Å²) >= 11 is 1.66. The van der Waals surface area contributed by atoms with Gasteiger partial charge in [-0.25, -0.2) is 4.68 Å². The van der Waals surface area contributed by atoms with E-state index in [-0.39, 0.29) is 12.0 Å². The number of likely N-dealkylation sites (tertiary alicyclic amines) is 1. The summed E-state index contributed by atoms with van der Waals surface area (Å²) in [7, 11) is 0. The normalized spacial score (nSPS) is 14.7. The molecule has 0 spiro atoms. The fraction of sp³-hybridized carbons (Fsp3) is 0.333. The average molecular weight is 410 g/mol. The van der Waals surface area contributed by atoms with E-state index in [1.807, 2.05) is 47.5 Å². The van der Waals surface area contributed by atoms with Crippen LogP contribution in [0.2, 0.25) is 0 Å². The standard InChI is InChI=1S/C21H23N5O2S/c27-21(16-29-15-17-5-2-1-3-6-17)25-13-9-18(10-14-25)28-20-8-7-19(23-24-20)26-12-4-11-22-26/h1-8,11-12,18H,9-10,13-16H2. The molecule has 4 rings (SSSR count). The van der Waals surface area contributed by atoms with Gasteiger partial charge in [-0.15, -0.1) is 22.0 Å². The van der Waals surface area contributed by atoms with Crippen LogP contribution < -0.4 is 4.74 Å². The number of amides is 1. The van der Waals surface area contributed by atoms with Crippen molar-refractivity contribution in [1.82, 2.24) is 24.9 Å². The van der Waals surface area contributed by atoms with Crippen molar-refractivity contribution >= 4 is 17.7 Å². The second kappa shape index (κ2) is 9.56. The summed E-state index contributed by atoms with van der Waals surface area (Å²) in [6.07, 6.45) is 5.17. The molecule has 0 unspecified atom stereocenters. The fourth-order valence-corrected chi connectivity index (χ4v) is 4.11. The maximum Gasteiger partial charge on any atom is 0.233 e. The Morgan fingerprint density at radius 2 is 1.90 bits per heavy atom. The lowest BCUT2D eigenvalue weighted by Crippen LogP contribution is -2.42. The van der Waals surface area contributed by atoms with Crippen LogP contribution in [-0.4, -0.2) is 55.7 Å². The molecule has 150 valence electrons. The Hall–Kier alpha value is -2.87. The molecule has 1 amide bonds. The summed E-state index contributed by atoms with van der Waals surface area (Å²) < 4.78 is 7.60. The molecule has 1 aliphatic heterocycles. The second-order valence-electron chi connectivity index (χ2n) is 6.86. The van der Waals surface area contributed by atoms with Crippen LogP contribution in [0.15, 0.2) is 60.9 Å². The van der Waals surface area contributed by atoms with Crippen molar-refractivity contribution in [2.24, 2.45) is 0 Å². The second-order valence-corrected chi connectivity index (χ2v) is 7.84. The third-order valence-electron chi connectivity index (χ3n) is 4.78. The number of rotatable bonds is 7. The molecule has 0 atom stereocenters. The number of hydrogen-bond donors (Lipinski definition) is 0. The Balaban J connectivity index is 1.19. The number of hydrogen-bond acceptors (Lipinski definition) is 6. The lowest BCUT2D eigenvalue weighted by Gasteiger charge is -2.31. The Labute approximate surface area is 174 Å². The zero-order chi connectivity index (χ0) is 19.9. The van der Waals surface area contributed by atoms with Crippen LogP contribution in [0.1, 0.15) is 18.4 Å². The van der Waals surface area contributed by atoms with Crippen LogP contribution >= 0.6 is 11.8 Å². The van der Waals surface area contributed by atoms with Crippen molar-refractivity contribution < 1.29 is 9.53 Å². The number of carbonyl (C=O) groups is 1. The number of carbonyl (C=O) groups excluding carboxylic acids is 1. The summed E-state index contributed by atoms with van der Waals surface area (Å²) in [5, 5.41) is 12.4. The van der Waals surface area contributed by atoms with E-state index < -0.39 is 0 Å². The molecule has 1 fully saturated rings. The Bertz CT molecular complexity index is 895. The highest BCUT2D eigenvalue weighted by atomic mass is 32.2. The number of aromatic nitrogens is 4. The molecular weight excluding hydrogens is 386 g/mol. The zero-order valence-electron chi connectivity index (χ0n) is 16.1. The molecule has 7 nitrogen and oxygen atoms in total. The fourth-order valence-electron chi connectivity index (χ4n) is 3.22. The molecule has 0 aliphatic carbocycles. The van der Waals surface area contributed by atoms with E-state index in [1.165, 1.54) is 5.56 Å². The highest BCUT2D eigenvalue weighted by molar-refractivity contribution is 7.99. The number of thioether (sulfide) groups is 1. The van der Waals surface area contributed by atoms with Crippen LogP contribution in [0, 0.1) is 0 Å². The van der Waals surface area contributed by atoms with Crippen molar-refractivity contribution in [1.29, 1.82) is 0 Å². The molecule has 1 aliphatic rings. The summed E-state index contributed by atoms with van der Waals surface area (Å²) in [6.45, 7) is 1.43. The first-order chi connectivity index (χ1) is 14.3. The van der Waals surface area contributed by atoms with Gasteiger partial charge >= 0.3 is 0 Å². The van der Waals surface area contributed by atoms with E-state index in [4.69, 9.17) is 4.74 Å². The molecule has 0 saturated carbocycles. The average Bonchev–Trinajstić information content (AvgIpc) is 3.30. The van der Waals surface area contributed by atoms with Gasteiger partial charge in [-0.3, -0.25) is 4.79 Å². The molecule has 2 aromatic heterocycles. The Kier molecular flexibility index (Phi) is 6.41. The molecule has 29 heavy (non-hydrogen) atoms. The van der Waals surface area contributed by atoms with Gasteiger partial charge in [0.1, 0.15) is 6.10 Å². The van der Waals surface area contributed by atoms with Gasteiger partial charge < -0.3 is 9.64 Å². The number of nitrogens with zero attached hydrogens (tertiary/aromatic N) is 5. The van der Waals surface area contributed by atoms with Crippen molar-refractivity contribution in [3.8, 4) is 11.7 Å². The van der Waals surface area contributed by atoms with E-state index in [0.29, 0.717) is 30.5 Å². The molecule has 1 saturated heterocycles. The molecule has 3 heterocycles. The Morgan fingerprint density at radius 1 is 1.07 bits per heavy atom. The first kappa shape index (κ1) is 19.4. The summed E-state index contributed by atoms with van der Waals surface area (Å²) in [6, 6.07) is 15.7. The maximum absolute atomic E-state index is 12.4. The van der Waals surface area contributed by atoms with Crippen molar-refractivity contribution in [2.75, 3.05) is 18.8 Å². The molecule has 3 aromatic rings. The summed E-state index contributed by atoms with van der Waals surface area (Å²) in [5.41, 5.74) is 1.25. The molecule has 8 heteroatoms. The predicted molar refractivity (Wildman–Crippen MR) is 112 cm³/mol. The molecular formula is C21H23N5O2S. The maximum atomic E-state index is 12.4. The summed E-state index contributed by atoms with van der Waals surface area (Å²) in [5.74, 6) is 2.73. The van der Waals surface area contributed by atoms with Gasteiger partial charge in [0.25, 0.3) is 0 Å². The van der Waals surface area contributed by atoms with Crippen LogP contribution in [0.5, 0.6) is 5.88 Å². The SMILES string of the molecule is O=C(CSCc1ccccc1)N1CCC(Oc2ccc(-n3cccn3)nn2)CC1. The van der Waals surface area contributed by atoms with E-state index in [0.717, 1.165) is 18.6 Å². The third kappa shape index (κ3) is 5.35. The van der Waals surface area contributed by atoms with Gasteiger partial charge in [-0.05, 0) is 17.7 Å². The quantitative estimate of drug-likeness (QED) is 0.597. The largest absolute Gasteiger partial charge is 0.473 e. The molecule has 1 aromatic carbocycles. The van der Waals surface area contributed by atoms with Gasteiger partial charge in [0.2, 0.25) is 11.8 Å². The molecule has 0 bridgehead atoms. The minimum Gasteiger partial charge on any atom is -0.473 e. The van der Waals surface area contributed by atoms with Gasteiger partial charge in [0.05, 0.1) is 5.75 Å². The zero-order valence-corrected chi connectivity index (χ0v) is 16.9. The predicted octanol–water partition coefficient (Wildman–Crippen LogP) is 2.97. The molecule has 0 radical (unpaired) electrons. The van der Waals surface area contributed by atoms with E-state index >= 15 is 0 Å². The van der Waals surface area contributed by atoms with Crippen molar-refractivity contribution in [3.05, 3.63) is 66.5 Å². The first-order valence-electron chi connectivity index (χ1n) is 9.68. The molecule has 0 N–H and O–H groups in total. The monoisotopic (exact) mass is 409 g/mol. The number of ether oxygens (including phenoxy) is 1. The van der Waals surface area contributed by atoms with Crippen LogP contribution in [0.25, 0.3) is 5.82 Å². The lowest BCUT2D eigenvalue weighted by molar-refractivity contribution is -0.130. The van der Waals surface area contributed by atoms with E-state index in [9.17, 15) is 4.79 Å². The number of piperidine rings is 1. The highest BCUT2D eigenvalue weighted by Gasteiger charge is 2.24. The van der Waals surface area contributed by atoms with Crippen LogP contribution in [-0.2, 0) is 10.5 Å². The van der Waals surface area contributed by atoms with Gasteiger partial charge in [-0.1, -0.05) is 30.3 Å². The number of benzene rings is 1. The smallest absolute Gasteiger partial charge is 0.233 e. The van der Waals surface area contributed by atoms with Crippen LogP contribution in [0.4, 0.5) is 0 Å². The van der Waals surface area contributed by atoms with Crippen LogP contribution in [0.3, 0.4) is 0 Å². The first-order valence-corrected chi connectivity index (χ1v) is 10.8. The minimum absolute atomic E-state index is 0.0564. The van der Waals surface area contributed by atoms with E-state index in [2.05, 4.69) is 27.4 Å². The van der Waals surface area contributed by atoms with Crippen molar-refractivity contribution in [3.63, 3.8) is 0 Å². The Morgan fingerprint density at radius 3 is 2.59 bits per heavy atom. The topological polar surface area (TPSA) is 73.1 Å². The van der Waals surface area contributed by atoms with Gasteiger partial charge in [0.15, 0.2) is 5.82 Å². The van der Waals surface area contributed by atoms with Gasteiger partial charge in [0, 0.05) is 50.1 Å². The lowest BCUT2D eigenvalue weighted by atomic mass is 10.1. The van der Waals surface area contributed by atoms with E-state index in [1.54, 1.807) is 22.6 Å². The van der Waals surface area contributed by atoms with Crippen molar-refractivity contribution in [2.45, 2.75) is 24.7 Å². The highest BCUT2D eigenvalue weighted by Crippen LogP contribution is 2.19. The minimum atomic E-state index is 0.0564. The summed E-state index contributed by atoms with van der Waals surface area (Å²) in [4.78, 5) is 14.4.